The Morgan fingerprint density at radius 1 is 1.30 bits per heavy atom. The number of aromatic amines is 1. The molecule has 0 saturated carbocycles. The second-order valence-electron chi connectivity index (χ2n) is 8.31. The van der Waals surface area contributed by atoms with Crippen LogP contribution in [0.15, 0.2) is 30.5 Å². The Kier molecular flexibility index (Phi) is 7.12. The zero-order valence-electron chi connectivity index (χ0n) is 17.9. The van der Waals surface area contributed by atoms with E-state index in [2.05, 4.69) is 20.4 Å². The fraction of sp³-hybridized carbons (Fsp3) is 0.545. The van der Waals surface area contributed by atoms with Crippen LogP contribution in [0.4, 0.5) is 0 Å². The first-order valence-electron chi connectivity index (χ1n) is 10.4. The second-order valence-corrected chi connectivity index (χ2v) is 8.31. The molecular weight excluding hydrogens is 384 g/mol. The summed E-state index contributed by atoms with van der Waals surface area (Å²) in [6, 6.07) is 7.45. The molecule has 0 bridgehead atoms. The summed E-state index contributed by atoms with van der Waals surface area (Å²) in [4.78, 5) is 14.8. The van der Waals surface area contributed by atoms with E-state index in [1.165, 1.54) is 0 Å². The van der Waals surface area contributed by atoms with Crippen LogP contribution in [0.2, 0.25) is 0 Å². The zero-order valence-corrected chi connectivity index (χ0v) is 17.9. The lowest BCUT2D eigenvalue weighted by Crippen LogP contribution is -2.56. The number of aliphatic hydroxyl groups is 2. The quantitative estimate of drug-likeness (QED) is 0.520. The number of nitrogens with one attached hydrogen (secondary N) is 2. The Hall–Kier alpha value is -2.42. The summed E-state index contributed by atoms with van der Waals surface area (Å²) in [6.07, 6.45) is 2.52. The van der Waals surface area contributed by atoms with E-state index in [-0.39, 0.29) is 18.6 Å². The zero-order chi connectivity index (χ0) is 21.7. The first-order chi connectivity index (χ1) is 14.4. The Morgan fingerprint density at radius 2 is 1.97 bits per heavy atom. The molecule has 2 heterocycles. The van der Waals surface area contributed by atoms with Crippen molar-refractivity contribution in [3.05, 3.63) is 36.0 Å². The van der Waals surface area contributed by atoms with Crippen molar-refractivity contribution in [2.24, 2.45) is 5.92 Å². The minimum absolute atomic E-state index is 0.0973. The molecule has 3 rings (SSSR count). The lowest BCUT2D eigenvalue weighted by Gasteiger charge is -2.38. The number of likely N-dealkylation sites (tertiary alicyclic amines) is 1. The van der Waals surface area contributed by atoms with Gasteiger partial charge in [0.15, 0.2) is 0 Å². The number of hydrogen-bond acceptors (Lipinski definition) is 6. The number of aromatic nitrogens is 2. The van der Waals surface area contributed by atoms with E-state index >= 15 is 0 Å². The summed E-state index contributed by atoms with van der Waals surface area (Å²) in [5, 5.41) is 30.3. The number of ether oxygens (including phenoxy) is 1. The SMILES string of the molecule is COc1ccc(-c2[nH]ncc2CN2CCC(O)(C(=O)NC(CO)C(C)C)CC2)cc1. The van der Waals surface area contributed by atoms with Crippen LogP contribution in [0, 0.1) is 5.92 Å². The van der Waals surface area contributed by atoms with Gasteiger partial charge in [-0.15, -0.1) is 0 Å². The van der Waals surface area contributed by atoms with Crippen molar-refractivity contribution in [1.82, 2.24) is 20.4 Å². The van der Waals surface area contributed by atoms with Gasteiger partial charge in [-0.3, -0.25) is 14.8 Å². The van der Waals surface area contributed by atoms with Crippen molar-refractivity contribution >= 4 is 5.91 Å². The second kappa shape index (κ2) is 9.59. The number of H-pyrrole nitrogens is 1. The normalized spacial score (nSPS) is 17.7. The lowest BCUT2D eigenvalue weighted by molar-refractivity contribution is -0.146. The van der Waals surface area contributed by atoms with Crippen molar-refractivity contribution in [3.63, 3.8) is 0 Å². The van der Waals surface area contributed by atoms with Gasteiger partial charge < -0.3 is 20.3 Å². The topological polar surface area (TPSA) is 111 Å². The van der Waals surface area contributed by atoms with E-state index in [9.17, 15) is 15.0 Å². The van der Waals surface area contributed by atoms with E-state index in [0.717, 1.165) is 22.6 Å². The van der Waals surface area contributed by atoms with Crippen LogP contribution in [0.5, 0.6) is 5.75 Å². The average molecular weight is 417 g/mol. The van der Waals surface area contributed by atoms with Crippen LogP contribution in [0.3, 0.4) is 0 Å². The van der Waals surface area contributed by atoms with Gasteiger partial charge in [0.1, 0.15) is 11.4 Å². The van der Waals surface area contributed by atoms with Crippen LogP contribution in [-0.2, 0) is 11.3 Å². The predicted molar refractivity (Wildman–Crippen MR) is 114 cm³/mol. The van der Waals surface area contributed by atoms with Gasteiger partial charge in [0.25, 0.3) is 5.91 Å². The van der Waals surface area contributed by atoms with Gasteiger partial charge in [-0.25, -0.2) is 0 Å². The molecule has 0 aliphatic carbocycles. The first-order valence-corrected chi connectivity index (χ1v) is 10.4. The third-order valence-corrected chi connectivity index (χ3v) is 5.91. The van der Waals surface area contributed by atoms with Gasteiger partial charge in [-0.05, 0) is 43.0 Å². The number of benzene rings is 1. The van der Waals surface area contributed by atoms with Crippen LogP contribution in [-0.4, -0.2) is 69.7 Å². The standard InChI is InChI=1S/C22H32N4O4/c1-15(2)19(14-27)24-21(28)22(29)8-10-26(11-9-22)13-17-12-23-25-20(17)16-4-6-18(30-3)7-5-16/h4-7,12,15,19,27,29H,8-11,13-14H2,1-3H3,(H,23,25)(H,24,28). The van der Waals surface area contributed by atoms with Crippen molar-refractivity contribution in [2.45, 2.75) is 44.9 Å². The third kappa shape index (κ3) is 5.00. The fourth-order valence-corrected chi connectivity index (χ4v) is 3.71. The number of nitrogens with zero attached hydrogens (tertiary/aromatic N) is 2. The number of piperidine rings is 1. The van der Waals surface area contributed by atoms with Crippen molar-refractivity contribution in [1.29, 1.82) is 0 Å². The minimum atomic E-state index is -1.39. The minimum Gasteiger partial charge on any atom is -0.497 e. The molecule has 0 radical (unpaired) electrons. The molecule has 1 unspecified atom stereocenters. The van der Waals surface area contributed by atoms with E-state index in [1.807, 2.05) is 44.3 Å². The third-order valence-electron chi connectivity index (χ3n) is 5.91. The number of carbonyl (C=O) groups excluding carboxylic acids is 1. The molecule has 2 aromatic rings. The molecular formula is C22H32N4O4. The molecule has 30 heavy (non-hydrogen) atoms. The number of hydrogen-bond donors (Lipinski definition) is 4. The van der Waals surface area contributed by atoms with Crippen molar-refractivity contribution < 1.29 is 19.7 Å². The highest BCUT2D eigenvalue weighted by Crippen LogP contribution is 2.28. The van der Waals surface area contributed by atoms with E-state index in [0.29, 0.717) is 32.5 Å². The maximum absolute atomic E-state index is 12.6. The molecule has 1 saturated heterocycles. The predicted octanol–water partition coefficient (Wildman–Crippen LogP) is 1.55. The highest BCUT2D eigenvalue weighted by molar-refractivity contribution is 5.85. The van der Waals surface area contributed by atoms with E-state index in [4.69, 9.17) is 4.74 Å². The largest absolute Gasteiger partial charge is 0.497 e. The van der Waals surface area contributed by atoms with Crippen LogP contribution < -0.4 is 10.1 Å². The average Bonchev–Trinajstić information content (AvgIpc) is 3.21. The monoisotopic (exact) mass is 416 g/mol. The fourth-order valence-electron chi connectivity index (χ4n) is 3.71. The summed E-state index contributed by atoms with van der Waals surface area (Å²) < 4.78 is 5.22. The summed E-state index contributed by atoms with van der Waals surface area (Å²) >= 11 is 0. The smallest absolute Gasteiger partial charge is 0.252 e. The Balaban J connectivity index is 1.60. The van der Waals surface area contributed by atoms with Gasteiger partial charge >= 0.3 is 0 Å². The summed E-state index contributed by atoms with van der Waals surface area (Å²) in [5.41, 5.74) is 1.66. The summed E-state index contributed by atoms with van der Waals surface area (Å²) in [5.74, 6) is 0.506. The lowest BCUT2D eigenvalue weighted by atomic mass is 9.89. The van der Waals surface area contributed by atoms with Crippen LogP contribution >= 0.6 is 0 Å². The molecule has 1 fully saturated rings. The van der Waals surface area contributed by atoms with Gasteiger partial charge in [0, 0.05) is 30.8 Å². The van der Waals surface area contributed by atoms with Gasteiger partial charge in [0.2, 0.25) is 0 Å². The molecule has 164 valence electrons. The Morgan fingerprint density at radius 3 is 2.53 bits per heavy atom. The van der Waals surface area contributed by atoms with Crippen molar-refractivity contribution in [2.75, 3.05) is 26.8 Å². The number of aliphatic hydroxyl groups excluding tert-OH is 1. The maximum Gasteiger partial charge on any atom is 0.252 e. The van der Waals surface area contributed by atoms with Gasteiger partial charge in [-0.1, -0.05) is 13.8 Å². The molecule has 1 aliphatic heterocycles. The molecule has 4 N–H and O–H groups in total. The highest BCUT2D eigenvalue weighted by Gasteiger charge is 2.40. The van der Waals surface area contributed by atoms with E-state index < -0.39 is 11.5 Å². The number of rotatable bonds is 8. The van der Waals surface area contributed by atoms with Gasteiger partial charge in [-0.2, -0.15) is 5.10 Å². The summed E-state index contributed by atoms with van der Waals surface area (Å²) in [6.45, 7) is 5.60. The molecule has 1 aliphatic rings. The molecule has 0 spiro atoms. The van der Waals surface area contributed by atoms with E-state index in [1.54, 1.807) is 7.11 Å². The van der Waals surface area contributed by atoms with Crippen LogP contribution in [0.1, 0.15) is 32.3 Å². The Labute approximate surface area is 177 Å². The maximum atomic E-state index is 12.6. The molecule has 1 aromatic carbocycles. The first kappa shape index (κ1) is 22.3. The van der Waals surface area contributed by atoms with Gasteiger partial charge in [0.05, 0.1) is 31.6 Å². The molecule has 8 heteroatoms. The molecule has 1 atom stereocenters. The molecule has 8 nitrogen and oxygen atoms in total. The molecule has 1 amide bonds. The van der Waals surface area contributed by atoms with Crippen molar-refractivity contribution in [3.8, 4) is 17.0 Å². The highest BCUT2D eigenvalue weighted by atomic mass is 16.5. The van der Waals surface area contributed by atoms with Crippen LogP contribution in [0.25, 0.3) is 11.3 Å². The molecule has 1 aromatic heterocycles. The number of carbonyl (C=O) groups is 1. The number of methoxy groups -OCH3 is 1. The summed E-state index contributed by atoms with van der Waals surface area (Å²) in [7, 11) is 1.64. The number of amides is 1. The Bertz CT molecular complexity index is 826.